The molecule has 96 valence electrons. The lowest BCUT2D eigenvalue weighted by atomic mass is 10.1. The normalized spacial score (nSPS) is 14.6. The molecule has 0 aliphatic heterocycles. The van der Waals surface area contributed by atoms with Crippen molar-refractivity contribution in [3.8, 4) is 0 Å². The van der Waals surface area contributed by atoms with Gasteiger partial charge in [0.2, 0.25) is 0 Å². The Morgan fingerprint density at radius 2 is 1.89 bits per heavy atom. The quantitative estimate of drug-likeness (QED) is 0.896. The summed E-state index contributed by atoms with van der Waals surface area (Å²) in [5, 5.41) is 5.52. The summed E-state index contributed by atoms with van der Waals surface area (Å²) in [5.41, 5.74) is 0. The van der Waals surface area contributed by atoms with E-state index in [4.69, 9.17) is 0 Å². The van der Waals surface area contributed by atoms with Gasteiger partial charge in [-0.1, -0.05) is 30.3 Å². The Morgan fingerprint density at radius 1 is 1.17 bits per heavy atom. The molecule has 2 aromatic rings. The van der Waals surface area contributed by atoms with E-state index in [1.54, 1.807) is 0 Å². The van der Waals surface area contributed by atoms with Crippen LogP contribution in [0.2, 0.25) is 0 Å². The smallest absolute Gasteiger partial charge is 0.0530 e. The summed E-state index contributed by atoms with van der Waals surface area (Å²) < 4.78 is 12.2. The van der Waals surface area contributed by atoms with Crippen molar-refractivity contribution in [3.05, 3.63) is 42.5 Å². The fourth-order valence-corrected chi connectivity index (χ4v) is 3.14. The third kappa shape index (κ3) is 3.18. The molecular formula is C15H19NOS. The minimum absolute atomic E-state index is 0.411. The second kappa shape index (κ2) is 6.12. The topological polar surface area (TPSA) is 29.1 Å². The second-order valence-electron chi connectivity index (χ2n) is 4.54. The van der Waals surface area contributed by atoms with E-state index in [9.17, 15) is 4.21 Å². The van der Waals surface area contributed by atoms with Crippen molar-refractivity contribution in [1.29, 1.82) is 0 Å². The summed E-state index contributed by atoms with van der Waals surface area (Å²) in [6.07, 6.45) is 0.927. The van der Waals surface area contributed by atoms with Crippen LogP contribution < -0.4 is 5.32 Å². The Balaban J connectivity index is 2.13. The summed E-state index contributed by atoms with van der Waals surface area (Å²) in [7, 11) is 1.03. The summed E-state index contributed by atoms with van der Waals surface area (Å²) in [5.74, 6) is 0.709. The van der Waals surface area contributed by atoms with E-state index in [1.807, 2.05) is 37.4 Å². The molecule has 0 aromatic heterocycles. The van der Waals surface area contributed by atoms with Crippen LogP contribution in [0.25, 0.3) is 10.8 Å². The number of benzene rings is 2. The molecule has 2 rings (SSSR count). The van der Waals surface area contributed by atoms with Gasteiger partial charge in [-0.2, -0.15) is 0 Å². The molecule has 0 amide bonds. The van der Waals surface area contributed by atoms with E-state index in [0.29, 0.717) is 11.8 Å². The van der Waals surface area contributed by atoms with Crippen molar-refractivity contribution in [1.82, 2.24) is 5.32 Å². The van der Waals surface area contributed by atoms with Gasteiger partial charge in [0, 0.05) is 16.7 Å². The first-order valence-electron chi connectivity index (χ1n) is 6.25. The summed E-state index contributed by atoms with van der Waals surface area (Å²) >= 11 is 0. The van der Waals surface area contributed by atoms with Crippen LogP contribution in [0.1, 0.15) is 13.3 Å². The molecule has 3 heteroatoms. The Hall–Kier alpha value is -1.19. The largest absolute Gasteiger partial charge is 0.317 e. The maximum absolute atomic E-state index is 12.2. The van der Waals surface area contributed by atoms with Gasteiger partial charge in [-0.3, -0.25) is 4.21 Å². The zero-order valence-corrected chi connectivity index (χ0v) is 11.7. The molecule has 2 unspecified atom stereocenters. The molecule has 2 nitrogen and oxygen atoms in total. The molecule has 0 spiro atoms. The molecule has 0 radical (unpaired) electrons. The first-order valence-corrected chi connectivity index (χ1v) is 7.57. The van der Waals surface area contributed by atoms with Gasteiger partial charge in [0.1, 0.15) is 0 Å². The molecule has 2 aromatic carbocycles. The fraction of sp³-hybridized carbons (Fsp3) is 0.333. The number of fused-ring (bicyclic) bond motifs is 1. The van der Waals surface area contributed by atoms with Crippen molar-refractivity contribution in [2.45, 2.75) is 24.3 Å². The average Bonchev–Trinajstić information content (AvgIpc) is 2.43. The standard InChI is InChI=1S/C15H19NOS/c1-12(16-2)9-10-18(17)15-8-7-13-5-3-4-6-14(13)11-15/h3-8,11-12,16H,9-10H2,1-2H3. The molecule has 1 N–H and O–H groups in total. The maximum atomic E-state index is 12.2. The lowest BCUT2D eigenvalue weighted by molar-refractivity contribution is 0.591. The lowest BCUT2D eigenvalue weighted by Gasteiger charge is -2.09. The predicted octanol–water partition coefficient (Wildman–Crippen LogP) is 2.95. The van der Waals surface area contributed by atoms with Gasteiger partial charge in [0.25, 0.3) is 0 Å². The minimum Gasteiger partial charge on any atom is -0.317 e. The van der Waals surface area contributed by atoms with Crippen molar-refractivity contribution >= 4 is 21.6 Å². The van der Waals surface area contributed by atoms with Gasteiger partial charge >= 0.3 is 0 Å². The molecule has 0 bridgehead atoms. The Kier molecular flexibility index (Phi) is 4.50. The van der Waals surface area contributed by atoms with Gasteiger partial charge in [0.15, 0.2) is 0 Å². The highest BCUT2D eigenvalue weighted by molar-refractivity contribution is 7.85. The SMILES string of the molecule is CNC(C)CCS(=O)c1ccc2ccccc2c1. The molecule has 2 atom stereocenters. The third-order valence-electron chi connectivity index (χ3n) is 3.21. The van der Waals surface area contributed by atoms with Crippen LogP contribution in [0.3, 0.4) is 0 Å². The number of rotatable bonds is 5. The maximum Gasteiger partial charge on any atom is 0.0530 e. The van der Waals surface area contributed by atoms with E-state index in [0.717, 1.165) is 16.7 Å². The van der Waals surface area contributed by atoms with Crippen LogP contribution in [-0.4, -0.2) is 23.1 Å². The van der Waals surface area contributed by atoms with E-state index in [2.05, 4.69) is 24.4 Å². The summed E-state index contributed by atoms with van der Waals surface area (Å²) in [4.78, 5) is 0.928. The average molecular weight is 261 g/mol. The highest BCUT2D eigenvalue weighted by Gasteiger charge is 2.07. The minimum atomic E-state index is -0.902. The highest BCUT2D eigenvalue weighted by Crippen LogP contribution is 2.18. The molecule has 18 heavy (non-hydrogen) atoms. The zero-order valence-electron chi connectivity index (χ0n) is 10.8. The molecule has 0 aliphatic carbocycles. The van der Waals surface area contributed by atoms with Gasteiger partial charge < -0.3 is 5.32 Å². The monoisotopic (exact) mass is 261 g/mol. The van der Waals surface area contributed by atoms with Crippen LogP contribution in [0.15, 0.2) is 47.4 Å². The van der Waals surface area contributed by atoms with Gasteiger partial charge in [-0.15, -0.1) is 0 Å². The molecule has 0 fully saturated rings. The van der Waals surface area contributed by atoms with E-state index < -0.39 is 10.8 Å². The predicted molar refractivity (Wildman–Crippen MR) is 78.4 cm³/mol. The van der Waals surface area contributed by atoms with Gasteiger partial charge in [-0.25, -0.2) is 0 Å². The molecule has 0 heterocycles. The number of nitrogens with one attached hydrogen (secondary N) is 1. The zero-order chi connectivity index (χ0) is 13.0. The van der Waals surface area contributed by atoms with Crippen LogP contribution in [-0.2, 0) is 10.8 Å². The first kappa shape index (κ1) is 13.2. The lowest BCUT2D eigenvalue weighted by Crippen LogP contribution is -2.23. The number of hydrogen-bond donors (Lipinski definition) is 1. The third-order valence-corrected chi connectivity index (χ3v) is 4.60. The van der Waals surface area contributed by atoms with Crippen LogP contribution in [0.4, 0.5) is 0 Å². The van der Waals surface area contributed by atoms with Crippen molar-refractivity contribution in [3.63, 3.8) is 0 Å². The summed E-state index contributed by atoms with van der Waals surface area (Å²) in [6.45, 7) is 2.11. The van der Waals surface area contributed by atoms with Gasteiger partial charge in [-0.05, 0) is 43.3 Å². The van der Waals surface area contributed by atoms with Gasteiger partial charge in [0.05, 0.1) is 10.8 Å². The molecular weight excluding hydrogens is 242 g/mol. The van der Waals surface area contributed by atoms with Crippen molar-refractivity contribution in [2.75, 3.05) is 12.8 Å². The Labute approximate surface area is 111 Å². The molecule has 0 aliphatic rings. The first-order chi connectivity index (χ1) is 8.70. The van der Waals surface area contributed by atoms with E-state index >= 15 is 0 Å². The van der Waals surface area contributed by atoms with Crippen LogP contribution in [0, 0.1) is 0 Å². The Bertz CT molecular complexity index is 553. The van der Waals surface area contributed by atoms with E-state index in [-0.39, 0.29) is 0 Å². The Morgan fingerprint density at radius 3 is 2.61 bits per heavy atom. The number of hydrogen-bond acceptors (Lipinski definition) is 2. The second-order valence-corrected chi connectivity index (χ2v) is 6.11. The fourth-order valence-electron chi connectivity index (χ4n) is 1.86. The van der Waals surface area contributed by atoms with E-state index in [1.165, 1.54) is 5.39 Å². The van der Waals surface area contributed by atoms with Crippen molar-refractivity contribution in [2.24, 2.45) is 0 Å². The van der Waals surface area contributed by atoms with Crippen molar-refractivity contribution < 1.29 is 4.21 Å². The molecule has 0 saturated carbocycles. The summed E-state index contributed by atoms with van der Waals surface area (Å²) in [6, 6.07) is 14.6. The highest BCUT2D eigenvalue weighted by atomic mass is 32.2. The molecule has 0 saturated heterocycles. The van der Waals surface area contributed by atoms with Crippen LogP contribution >= 0.6 is 0 Å². The van der Waals surface area contributed by atoms with Crippen LogP contribution in [0.5, 0.6) is 0 Å².